The Morgan fingerprint density at radius 2 is 2.00 bits per heavy atom. The molecule has 0 aliphatic rings. The van der Waals surface area contributed by atoms with Crippen LogP contribution < -0.4 is 5.32 Å². The first-order valence-corrected chi connectivity index (χ1v) is 8.16. The van der Waals surface area contributed by atoms with E-state index in [-0.39, 0.29) is 17.8 Å². The van der Waals surface area contributed by atoms with Gasteiger partial charge in [-0.15, -0.1) is 0 Å². The molecule has 1 unspecified atom stereocenters. The van der Waals surface area contributed by atoms with Crippen molar-refractivity contribution in [2.45, 2.75) is 25.8 Å². The van der Waals surface area contributed by atoms with Crippen LogP contribution in [0.2, 0.25) is 0 Å². The van der Waals surface area contributed by atoms with Gasteiger partial charge >= 0.3 is 0 Å². The molecule has 3 aromatic rings. The second-order valence-corrected chi connectivity index (χ2v) is 5.85. The molecule has 1 amide bonds. The van der Waals surface area contributed by atoms with Gasteiger partial charge in [-0.2, -0.15) is 0 Å². The first-order chi connectivity index (χ1) is 12.1. The highest BCUT2D eigenvalue weighted by Crippen LogP contribution is 2.23. The topological polar surface area (TPSA) is 55.1 Å². The number of nitrogens with zero attached hydrogens (tertiary/aromatic N) is 1. The third-order valence-corrected chi connectivity index (χ3v) is 3.95. The predicted octanol–water partition coefficient (Wildman–Crippen LogP) is 4.29. The molecule has 0 radical (unpaired) electrons. The van der Waals surface area contributed by atoms with Gasteiger partial charge in [0.05, 0.1) is 6.04 Å². The predicted molar refractivity (Wildman–Crippen MR) is 93.2 cm³/mol. The number of carbonyl (C=O) groups excluding carboxylic acids is 1. The van der Waals surface area contributed by atoms with Crippen molar-refractivity contribution in [3.8, 4) is 11.3 Å². The zero-order valence-corrected chi connectivity index (χ0v) is 13.9. The Balaban J connectivity index is 1.53. The van der Waals surface area contributed by atoms with Crippen LogP contribution in [0.3, 0.4) is 0 Å². The minimum atomic E-state index is -0.282. The standard InChI is InChI=1S/C20H19FN2O2/c1-14(16-3-2-12-22-13-16)23-20(24)11-9-18-8-10-19(25-18)15-4-6-17(21)7-5-15/h2-8,10,12-14H,9,11H2,1H3,(H,23,24). The summed E-state index contributed by atoms with van der Waals surface area (Å²) < 4.78 is 18.7. The van der Waals surface area contributed by atoms with Gasteiger partial charge in [-0.25, -0.2) is 4.39 Å². The molecule has 0 aliphatic carbocycles. The number of rotatable bonds is 6. The molecule has 1 aromatic carbocycles. The number of aryl methyl sites for hydroxylation is 1. The van der Waals surface area contributed by atoms with Gasteiger partial charge in [-0.1, -0.05) is 6.07 Å². The van der Waals surface area contributed by atoms with Crippen LogP contribution in [0.4, 0.5) is 4.39 Å². The zero-order chi connectivity index (χ0) is 17.6. The number of hydrogen-bond donors (Lipinski definition) is 1. The van der Waals surface area contributed by atoms with Crippen LogP contribution in [-0.4, -0.2) is 10.9 Å². The number of amides is 1. The average Bonchev–Trinajstić information content (AvgIpc) is 3.10. The maximum atomic E-state index is 13.0. The molecule has 0 saturated carbocycles. The largest absolute Gasteiger partial charge is 0.461 e. The highest BCUT2D eigenvalue weighted by Gasteiger charge is 2.11. The Morgan fingerprint density at radius 3 is 2.72 bits per heavy atom. The van der Waals surface area contributed by atoms with Crippen LogP contribution in [0.15, 0.2) is 65.3 Å². The smallest absolute Gasteiger partial charge is 0.220 e. The Morgan fingerprint density at radius 1 is 1.20 bits per heavy atom. The van der Waals surface area contributed by atoms with Gasteiger partial charge in [0.2, 0.25) is 5.91 Å². The summed E-state index contributed by atoms with van der Waals surface area (Å²) in [6.07, 6.45) is 4.29. The number of aromatic nitrogens is 1. The summed E-state index contributed by atoms with van der Waals surface area (Å²) in [6.45, 7) is 1.93. The summed E-state index contributed by atoms with van der Waals surface area (Å²) in [7, 11) is 0. The highest BCUT2D eigenvalue weighted by atomic mass is 19.1. The molecule has 4 nitrogen and oxygen atoms in total. The summed E-state index contributed by atoms with van der Waals surface area (Å²) in [5.74, 6) is 1.06. The molecule has 2 aromatic heterocycles. The number of carbonyl (C=O) groups is 1. The molecule has 25 heavy (non-hydrogen) atoms. The van der Waals surface area contributed by atoms with Crippen LogP contribution in [0, 0.1) is 5.82 Å². The lowest BCUT2D eigenvalue weighted by Gasteiger charge is -2.13. The van der Waals surface area contributed by atoms with E-state index in [4.69, 9.17) is 4.42 Å². The molecule has 1 atom stereocenters. The third-order valence-electron chi connectivity index (χ3n) is 3.95. The van der Waals surface area contributed by atoms with E-state index >= 15 is 0 Å². The second-order valence-electron chi connectivity index (χ2n) is 5.85. The van der Waals surface area contributed by atoms with Crippen LogP contribution >= 0.6 is 0 Å². The summed E-state index contributed by atoms with van der Waals surface area (Å²) in [5, 5.41) is 2.95. The molecule has 0 spiro atoms. The summed E-state index contributed by atoms with van der Waals surface area (Å²) in [5.41, 5.74) is 1.77. The summed E-state index contributed by atoms with van der Waals surface area (Å²) in [6, 6.07) is 13.5. The minimum absolute atomic E-state index is 0.0453. The van der Waals surface area contributed by atoms with Crippen LogP contribution in [0.1, 0.15) is 30.7 Å². The van der Waals surface area contributed by atoms with Gasteiger partial charge in [-0.3, -0.25) is 9.78 Å². The maximum absolute atomic E-state index is 13.0. The SMILES string of the molecule is CC(NC(=O)CCc1ccc(-c2ccc(F)cc2)o1)c1cccnc1. The molecule has 0 bridgehead atoms. The molecule has 128 valence electrons. The van der Waals surface area contributed by atoms with E-state index in [2.05, 4.69) is 10.3 Å². The van der Waals surface area contributed by atoms with E-state index in [9.17, 15) is 9.18 Å². The molecule has 0 saturated heterocycles. The van der Waals surface area contributed by atoms with E-state index in [0.29, 0.717) is 18.6 Å². The summed E-state index contributed by atoms with van der Waals surface area (Å²) in [4.78, 5) is 16.2. The van der Waals surface area contributed by atoms with E-state index < -0.39 is 0 Å². The van der Waals surface area contributed by atoms with Crippen molar-refractivity contribution in [1.82, 2.24) is 10.3 Å². The first kappa shape index (κ1) is 16.9. The maximum Gasteiger partial charge on any atom is 0.220 e. The van der Waals surface area contributed by atoms with E-state index in [0.717, 1.165) is 16.9 Å². The third kappa shape index (κ3) is 4.53. The van der Waals surface area contributed by atoms with Crippen LogP contribution in [-0.2, 0) is 11.2 Å². The quantitative estimate of drug-likeness (QED) is 0.729. The van der Waals surface area contributed by atoms with E-state index in [1.165, 1.54) is 12.1 Å². The van der Waals surface area contributed by atoms with Crippen molar-refractivity contribution < 1.29 is 13.6 Å². The minimum Gasteiger partial charge on any atom is -0.461 e. The Kier molecular flexibility index (Phi) is 5.23. The van der Waals surface area contributed by atoms with Crippen molar-refractivity contribution >= 4 is 5.91 Å². The number of nitrogens with one attached hydrogen (secondary N) is 1. The van der Waals surface area contributed by atoms with Gasteiger partial charge in [0.15, 0.2) is 0 Å². The summed E-state index contributed by atoms with van der Waals surface area (Å²) >= 11 is 0. The van der Waals surface area contributed by atoms with Crippen molar-refractivity contribution in [1.29, 1.82) is 0 Å². The molecule has 1 N–H and O–H groups in total. The van der Waals surface area contributed by atoms with Gasteiger partial charge in [0.1, 0.15) is 17.3 Å². The number of furan rings is 1. The second kappa shape index (κ2) is 7.75. The van der Waals surface area contributed by atoms with Gasteiger partial charge < -0.3 is 9.73 Å². The van der Waals surface area contributed by atoms with Crippen molar-refractivity contribution in [2.24, 2.45) is 0 Å². The fraction of sp³-hybridized carbons (Fsp3) is 0.200. The average molecular weight is 338 g/mol. The Hall–Kier alpha value is -2.95. The molecule has 2 heterocycles. The van der Waals surface area contributed by atoms with Gasteiger partial charge in [0, 0.05) is 30.8 Å². The Bertz CT molecular complexity index is 828. The molecule has 0 fully saturated rings. The Labute approximate surface area is 145 Å². The monoisotopic (exact) mass is 338 g/mol. The van der Waals surface area contributed by atoms with Crippen molar-refractivity contribution in [2.75, 3.05) is 0 Å². The first-order valence-electron chi connectivity index (χ1n) is 8.16. The molecule has 5 heteroatoms. The fourth-order valence-corrected chi connectivity index (χ4v) is 2.55. The fourth-order valence-electron chi connectivity index (χ4n) is 2.55. The number of hydrogen-bond acceptors (Lipinski definition) is 3. The highest BCUT2D eigenvalue weighted by molar-refractivity contribution is 5.76. The lowest BCUT2D eigenvalue weighted by molar-refractivity contribution is -0.121. The normalized spacial score (nSPS) is 11.9. The molecular formula is C20H19FN2O2. The van der Waals surface area contributed by atoms with E-state index in [1.54, 1.807) is 24.5 Å². The van der Waals surface area contributed by atoms with Crippen molar-refractivity contribution in [3.05, 3.63) is 78.1 Å². The molecule has 3 rings (SSSR count). The molecule has 0 aliphatic heterocycles. The zero-order valence-electron chi connectivity index (χ0n) is 13.9. The van der Waals surface area contributed by atoms with Gasteiger partial charge in [0.25, 0.3) is 0 Å². The van der Waals surface area contributed by atoms with Crippen LogP contribution in [0.25, 0.3) is 11.3 Å². The van der Waals surface area contributed by atoms with Crippen molar-refractivity contribution in [3.63, 3.8) is 0 Å². The number of halogens is 1. The number of pyridine rings is 1. The lowest BCUT2D eigenvalue weighted by Crippen LogP contribution is -2.26. The van der Waals surface area contributed by atoms with E-state index in [1.807, 2.05) is 31.2 Å². The molecular weight excluding hydrogens is 319 g/mol. The van der Waals surface area contributed by atoms with Gasteiger partial charge in [-0.05, 0) is 55.0 Å². The lowest BCUT2D eigenvalue weighted by atomic mass is 10.1. The van der Waals surface area contributed by atoms with Crippen LogP contribution in [0.5, 0.6) is 0 Å². The number of benzene rings is 1.